The van der Waals surface area contributed by atoms with E-state index in [1.54, 1.807) is 0 Å². The lowest BCUT2D eigenvalue weighted by Gasteiger charge is -2.20. The molecule has 0 radical (unpaired) electrons. The molecule has 1 heterocycles. The molecule has 0 N–H and O–H groups in total. The van der Waals surface area contributed by atoms with Gasteiger partial charge in [-0.05, 0) is 0 Å². The van der Waals surface area contributed by atoms with Gasteiger partial charge in [-0.15, -0.1) is 0 Å². The minimum absolute atomic E-state index is 0.371. The lowest BCUT2D eigenvalue weighted by Crippen LogP contribution is -2.46. The first kappa shape index (κ1) is 7.97. The Morgan fingerprint density at radius 3 is 1.90 bits per heavy atom. The molecule has 0 aliphatic carbocycles. The predicted octanol–water partition coefficient (Wildman–Crippen LogP) is -0.828. The van der Waals surface area contributed by atoms with Crippen LogP contribution in [0, 0.1) is 0 Å². The van der Waals surface area contributed by atoms with Crippen LogP contribution in [0.4, 0.5) is 13.2 Å². The van der Waals surface area contributed by atoms with Crippen LogP contribution in [0.3, 0.4) is 0 Å². The van der Waals surface area contributed by atoms with Crippen molar-refractivity contribution in [1.82, 2.24) is 0 Å². The van der Waals surface area contributed by atoms with Crippen LogP contribution in [0.2, 0.25) is 0 Å². The summed E-state index contributed by atoms with van der Waals surface area (Å²) in [5, 5.41) is 0. The van der Waals surface area contributed by atoms with E-state index < -0.39 is 13.2 Å². The smallest absolute Gasteiger partial charge is 0.458 e. The molecule has 0 aromatic rings. The predicted molar refractivity (Wildman–Crippen MR) is 29.4 cm³/mol. The monoisotopic (exact) mass is 152 g/mol. The van der Waals surface area contributed by atoms with Gasteiger partial charge in [0.2, 0.25) is 0 Å². The minimum Gasteiger partial charge on any atom is -0.458 e. The molecule has 1 aliphatic rings. The lowest BCUT2D eigenvalue weighted by molar-refractivity contribution is -0.0750. The Morgan fingerprint density at radius 2 is 1.60 bits per heavy atom. The van der Waals surface area contributed by atoms with Crippen LogP contribution in [0.5, 0.6) is 0 Å². The van der Waals surface area contributed by atoms with Gasteiger partial charge in [-0.2, -0.15) is 13.2 Å². The number of hydrogen-bond donors (Lipinski definition) is 0. The van der Waals surface area contributed by atoms with Crippen molar-refractivity contribution in [3.63, 3.8) is 0 Å². The summed E-state index contributed by atoms with van der Waals surface area (Å²) in [5.41, 5.74) is 0. The molecule has 0 unspecified atom stereocenters. The fourth-order valence-electron chi connectivity index (χ4n) is 0.491. The second-order valence-corrected chi connectivity index (χ2v) is 1.65. The van der Waals surface area contributed by atoms with Crippen molar-refractivity contribution in [3.05, 3.63) is 0 Å². The molecule has 1 aliphatic heterocycles. The van der Waals surface area contributed by atoms with E-state index >= 15 is 0 Å². The van der Waals surface area contributed by atoms with Crippen LogP contribution in [-0.4, -0.2) is 28.6 Å². The SMILES string of the molecule is FC(F)(F)B1OBOBO1. The van der Waals surface area contributed by atoms with E-state index in [1.807, 2.05) is 0 Å². The fraction of sp³-hybridized carbons (Fsp3) is 1.00. The van der Waals surface area contributed by atoms with Crippen molar-refractivity contribution in [2.24, 2.45) is 0 Å². The normalized spacial score (nSPS) is 19.7. The molecule has 1 rings (SSSR count). The van der Waals surface area contributed by atoms with Gasteiger partial charge >= 0.3 is 28.6 Å². The van der Waals surface area contributed by atoms with Crippen molar-refractivity contribution in [1.29, 1.82) is 0 Å². The topological polar surface area (TPSA) is 27.7 Å². The van der Waals surface area contributed by atoms with Gasteiger partial charge < -0.3 is 13.7 Å². The highest BCUT2D eigenvalue weighted by molar-refractivity contribution is 6.62. The summed E-state index contributed by atoms with van der Waals surface area (Å²) in [6.07, 6.45) is -4.45. The third-order valence-electron chi connectivity index (χ3n) is 0.873. The molecule has 0 aromatic carbocycles. The van der Waals surface area contributed by atoms with Crippen molar-refractivity contribution < 1.29 is 26.9 Å². The molecular weight excluding hydrogens is 149 g/mol. The first-order chi connectivity index (χ1) is 4.61. The van der Waals surface area contributed by atoms with E-state index in [0.29, 0.717) is 0 Å². The zero-order valence-electron chi connectivity index (χ0n) is 4.85. The Kier molecular flexibility index (Phi) is 2.27. The molecule has 10 heavy (non-hydrogen) atoms. The summed E-state index contributed by atoms with van der Waals surface area (Å²) in [4.78, 5) is 0. The second-order valence-electron chi connectivity index (χ2n) is 1.65. The van der Waals surface area contributed by atoms with Gasteiger partial charge in [0.25, 0.3) is 0 Å². The Bertz CT molecular complexity index is 110. The van der Waals surface area contributed by atoms with Crippen molar-refractivity contribution in [2.45, 2.75) is 6.08 Å². The molecule has 1 fully saturated rings. The van der Waals surface area contributed by atoms with E-state index in [2.05, 4.69) is 13.7 Å². The van der Waals surface area contributed by atoms with Crippen molar-refractivity contribution in [2.75, 3.05) is 0 Å². The Balaban J connectivity index is 2.39. The summed E-state index contributed by atoms with van der Waals surface area (Å²) in [5.74, 6) is 0. The van der Waals surface area contributed by atoms with Crippen LogP contribution >= 0.6 is 0 Å². The maximum absolute atomic E-state index is 11.6. The van der Waals surface area contributed by atoms with Gasteiger partial charge in [-0.1, -0.05) is 0 Å². The summed E-state index contributed by atoms with van der Waals surface area (Å²) in [6.45, 7) is 0. The molecule has 1 saturated heterocycles. The average Bonchev–Trinajstić information content (AvgIpc) is 1.88. The van der Waals surface area contributed by atoms with Crippen LogP contribution in [0.15, 0.2) is 0 Å². The van der Waals surface area contributed by atoms with E-state index in [1.165, 1.54) is 0 Å². The van der Waals surface area contributed by atoms with Crippen LogP contribution in [0.1, 0.15) is 0 Å². The summed E-state index contributed by atoms with van der Waals surface area (Å²) in [7, 11) is -2.87. The Morgan fingerprint density at radius 1 is 1.10 bits per heavy atom. The van der Waals surface area contributed by atoms with E-state index in [9.17, 15) is 13.2 Å². The highest BCUT2D eigenvalue weighted by Gasteiger charge is 2.50. The molecule has 54 valence electrons. The number of alkyl halides is 3. The highest BCUT2D eigenvalue weighted by atomic mass is 19.4. The van der Waals surface area contributed by atoms with Gasteiger partial charge in [-0.3, -0.25) is 0 Å². The molecular formula is CH2B3F3O3. The molecule has 0 saturated carbocycles. The zero-order valence-corrected chi connectivity index (χ0v) is 4.85. The van der Waals surface area contributed by atoms with Crippen molar-refractivity contribution >= 4 is 22.5 Å². The van der Waals surface area contributed by atoms with E-state index in [-0.39, 0.29) is 15.4 Å². The molecule has 0 bridgehead atoms. The van der Waals surface area contributed by atoms with Crippen LogP contribution < -0.4 is 0 Å². The number of hydrogen-bond acceptors (Lipinski definition) is 3. The van der Waals surface area contributed by atoms with Crippen molar-refractivity contribution in [3.8, 4) is 0 Å². The average molecular weight is 151 g/mol. The highest BCUT2D eigenvalue weighted by Crippen LogP contribution is 2.20. The van der Waals surface area contributed by atoms with E-state index in [4.69, 9.17) is 0 Å². The first-order valence-electron chi connectivity index (χ1n) is 2.48. The van der Waals surface area contributed by atoms with Gasteiger partial charge in [0.15, 0.2) is 0 Å². The molecule has 0 atom stereocenters. The number of rotatable bonds is 0. The maximum atomic E-state index is 11.6. The maximum Gasteiger partial charge on any atom is 0.551 e. The summed E-state index contributed by atoms with van der Waals surface area (Å²) < 4.78 is 47.4. The van der Waals surface area contributed by atoms with Gasteiger partial charge in [0, 0.05) is 0 Å². The Hall–Kier alpha value is -0.135. The zero-order chi connectivity index (χ0) is 7.61. The van der Waals surface area contributed by atoms with Gasteiger partial charge in [-0.25, -0.2) is 0 Å². The Labute approximate surface area is 56.6 Å². The molecule has 0 spiro atoms. The number of halogens is 3. The summed E-state index contributed by atoms with van der Waals surface area (Å²) in [6, 6.07) is 0. The van der Waals surface area contributed by atoms with E-state index in [0.717, 1.165) is 0 Å². The largest absolute Gasteiger partial charge is 0.551 e. The molecule has 0 aromatic heterocycles. The second kappa shape index (κ2) is 2.85. The quantitative estimate of drug-likeness (QED) is 0.423. The first-order valence-corrected chi connectivity index (χ1v) is 2.48. The van der Waals surface area contributed by atoms with Gasteiger partial charge in [0.1, 0.15) is 0 Å². The molecule has 0 amide bonds. The molecule has 9 heteroatoms. The lowest BCUT2D eigenvalue weighted by atomic mass is 9.84. The standard InChI is InChI=1S/CH2B3F3O3/c5-1(6,7)4-9-2-8-3-10-4/h2-3H. The van der Waals surface area contributed by atoms with Gasteiger partial charge in [0.05, 0.1) is 0 Å². The molecule has 3 nitrogen and oxygen atoms in total. The third kappa shape index (κ3) is 1.93. The fourth-order valence-corrected chi connectivity index (χ4v) is 0.491. The minimum atomic E-state index is -4.45. The summed E-state index contributed by atoms with van der Waals surface area (Å²) >= 11 is 0. The van der Waals surface area contributed by atoms with Crippen LogP contribution in [-0.2, 0) is 13.7 Å². The van der Waals surface area contributed by atoms with Crippen LogP contribution in [0.25, 0.3) is 0 Å². The third-order valence-corrected chi connectivity index (χ3v) is 0.873.